The average molecular weight is 468 g/mol. The molecule has 3 amide bonds. The summed E-state index contributed by atoms with van der Waals surface area (Å²) in [5, 5.41) is 4.97. The van der Waals surface area contributed by atoms with Crippen molar-refractivity contribution >= 4 is 26.2 Å². The van der Waals surface area contributed by atoms with E-state index < -0.39 is 36.8 Å². The Labute approximate surface area is 185 Å². The highest BCUT2D eigenvalue weighted by Gasteiger charge is 2.38. The number of ether oxygens (including phenoxy) is 2. The second-order valence-electron chi connectivity index (χ2n) is 8.53. The topological polar surface area (TPSA) is 133 Å². The van der Waals surface area contributed by atoms with Gasteiger partial charge in [0.2, 0.25) is 6.41 Å². The van der Waals surface area contributed by atoms with Crippen LogP contribution in [0.5, 0.6) is 0 Å². The minimum absolute atomic E-state index is 0.00342. The molecule has 11 nitrogen and oxygen atoms in total. The van der Waals surface area contributed by atoms with E-state index in [9.17, 15) is 18.9 Å². The second-order valence-corrected chi connectivity index (χ2v) is 10.8. The first kappa shape index (κ1) is 29.2. The van der Waals surface area contributed by atoms with Gasteiger partial charge >= 0.3 is 19.8 Å². The number of carbonyl (C=O) groups is 3. The number of alkyl carbamates (subject to hydrolysis) is 1. The lowest BCUT2D eigenvalue weighted by molar-refractivity contribution is -0.110. The summed E-state index contributed by atoms with van der Waals surface area (Å²) in [5.41, 5.74) is -1.46. The highest BCUT2D eigenvalue weighted by atomic mass is 31.2. The number of nitrogens with one attached hydrogen (secondary N) is 2. The Morgan fingerprint density at radius 1 is 1.00 bits per heavy atom. The van der Waals surface area contributed by atoms with E-state index in [0.29, 0.717) is 6.41 Å². The van der Waals surface area contributed by atoms with Crippen LogP contribution in [0.15, 0.2) is 0 Å². The van der Waals surface area contributed by atoms with Crippen LogP contribution in [-0.2, 0) is 27.9 Å². The van der Waals surface area contributed by atoms with Crippen molar-refractivity contribution in [2.24, 2.45) is 0 Å². The third-order valence-electron chi connectivity index (χ3n) is 3.36. The number of carbonyl (C=O) groups excluding carboxylic acids is 3. The summed E-state index contributed by atoms with van der Waals surface area (Å²) in [6, 6.07) is 0. The highest BCUT2D eigenvalue weighted by Crippen LogP contribution is 2.52. The van der Waals surface area contributed by atoms with Crippen molar-refractivity contribution in [2.45, 2.75) is 72.4 Å². The highest BCUT2D eigenvalue weighted by molar-refractivity contribution is 7.54. The summed E-state index contributed by atoms with van der Waals surface area (Å²) in [5.74, 6) is -1.13. The lowest BCUT2D eigenvalue weighted by Crippen LogP contribution is -2.48. The van der Waals surface area contributed by atoms with Gasteiger partial charge in [0.05, 0.1) is 19.8 Å². The first-order valence-electron chi connectivity index (χ1n) is 10.2. The fourth-order valence-electron chi connectivity index (χ4n) is 2.30. The molecule has 0 rings (SSSR count). The largest absolute Gasteiger partial charge is 0.444 e. The van der Waals surface area contributed by atoms with Crippen LogP contribution in [0.3, 0.4) is 0 Å². The maximum Gasteiger partial charge on any atom is 0.410 e. The zero-order valence-electron chi connectivity index (χ0n) is 19.9. The molecule has 1 atom stereocenters. The van der Waals surface area contributed by atoms with E-state index in [2.05, 4.69) is 10.6 Å². The summed E-state index contributed by atoms with van der Waals surface area (Å²) in [4.78, 5) is 37.0. The number of rotatable bonds is 12. The molecular weight excluding hydrogens is 429 g/mol. The van der Waals surface area contributed by atoms with Gasteiger partial charge in [-0.1, -0.05) is 0 Å². The van der Waals surface area contributed by atoms with Crippen molar-refractivity contribution < 1.29 is 37.5 Å². The second kappa shape index (κ2) is 12.9. The molecule has 0 aromatic heterocycles. The van der Waals surface area contributed by atoms with Gasteiger partial charge in [-0.15, -0.1) is 0 Å². The standard InChI is InChI=1S/C19H38N3O8P/c1-9-27-31(26,28-10-2)15(21-14-23)13-22(17(25)30-19(6,7)8)12-11-20-16(24)29-18(3,4)5/h14-15H,9-13H2,1-8H3,(H,20,24)(H,21,23). The van der Waals surface area contributed by atoms with Gasteiger partial charge in [-0.2, -0.15) is 0 Å². The third-order valence-corrected chi connectivity index (χ3v) is 5.67. The van der Waals surface area contributed by atoms with Gasteiger partial charge < -0.3 is 34.1 Å². The molecule has 0 heterocycles. The van der Waals surface area contributed by atoms with Crippen molar-refractivity contribution in [1.29, 1.82) is 0 Å². The third kappa shape index (κ3) is 12.6. The maximum atomic E-state index is 13.2. The van der Waals surface area contributed by atoms with E-state index in [-0.39, 0.29) is 32.8 Å². The summed E-state index contributed by atoms with van der Waals surface area (Å²) in [6.45, 7) is 13.6. The van der Waals surface area contributed by atoms with Crippen LogP contribution in [0.25, 0.3) is 0 Å². The predicted octanol–water partition coefficient (Wildman–Crippen LogP) is 3.09. The fourth-order valence-corrected chi connectivity index (χ4v) is 4.09. The summed E-state index contributed by atoms with van der Waals surface area (Å²) in [6.07, 6.45) is -0.995. The Morgan fingerprint density at radius 3 is 1.94 bits per heavy atom. The minimum Gasteiger partial charge on any atom is -0.444 e. The van der Waals surface area contributed by atoms with Gasteiger partial charge in [0, 0.05) is 13.1 Å². The van der Waals surface area contributed by atoms with Crippen LogP contribution in [0.4, 0.5) is 9.59 Å². The van der Waals surface area contributed by atoms with Crippen molar-refractivity contribution in [3.8, 4) is 0 Å². The van der Waals surface area contributed by atoms with Crippen LogP contribution in [0.1, 0.15) is 55.4 Å². The fraction of sp³-hybridized carbons (Fsp3) is 0.842. The molecule has 2 N–H and O–H groups in total. The monoisotopic (exact) mass is 467 g/mol. The Kier molecular flexibility index (Phi) is 12.1. The molecule has 0 aliphatic carbocycles. The molecular formula is C19H38N3O8P. The zero-order valence-corrected chi connectivity index (χ0v) is 20.7. The van der Waals surface area contributed by atoms with Crippen molar-refractivity contribution in [2.75, 3.05) is 32.8 Å². The zero-order chi connectivity index (χ0) is 24.3. The first-order valence-corrected chi connectivity index (χ1v) is 11.8. The molecule has 0 saturated heterocycles. The molecule has 0 saturated carbocycles. The van der Waals surface area contributed by atoms with Gasteiger partial charge in [-0.3, -0.25) is 9.36 Å². The molecule has 0 radical (unpaired) electrons. The lowest BCUT2D eigenvalue weighted by Gasteiger charge is -2.32. The van der Waals surface area contributed by atoms with Gasteiger partial charge in [-0.05, 0) is 55.4 Å². The lowest BCUT2D eigenvalue weighted by atomic mass is 10.2. The first-order chi connectivity index (χ1) is 14.2. The van der Waals surface area contributed by atoms with E-state index in [1.165, 1.54) is 4.90 Å². The molecule has 1 unspecified atom stereocenters. The summed E-state index contributed by atoms with van der Waals surface area (Å²) >= 11 is 0. The molecule has 12 heteroatoms. The van der Waals surface area contributed by atoms with E-state index in [4.69, 9.17) is 18.5 Å². The normalized spacial score (nSPS) is 13.2. The van der Waals surface area contributed by atoms with E-state index in [1.54, 1.807) is 55.4 Å². The minimum atomic E-state index is -3.77. The molecule has 0 aliphatic heterocycles. The Balaban J connectivity index is 5.49. The number of hydrogen-bond donors (Lipinski definition) is 2. The summed E-state index contributed by atoms with van der Waals surface area (Å²) in [7, 11) is -3.77. The average Bonchev–Trinajstić information content (AvgIpc) is 2.57. The van der Waals surface area contributed by atoms with Crippen molar-refractivity contribution in [3.63, 3.8) is 0 Å². The number of amides is 3. The van der Waals surface area contributed by atoms with Gasteiger partial charge in [-0.25, -0.2) is 9.59 Å². The molecule has 0 spiro atoms. The van der Waals surface area contributed by atoms with Crippen LogP contribution in [0, 0.1) is 0 Å². The molecule has 0 fully saturated rings. The molecule has 31 heavy (non-hydrogen) atoms. The molecule has 0 aromatic carbocycles. The van der Waals surface area contributed by atoms with E-state index >= 15 is 0 Å². The van der Waals surface area contributed by atoms with Crippen LogP contribution in [0.2, 0.25) is 0 Å². The smallest absolute Gasteiger partial charge is 0.410 e. The number of nitrogens with zero attached hydrogens (tertiary/aromatic N) is 1. The van der Waals surface area contributed by atoms with Crippen molar-refractivity contribution in [3.05, 3.63) is 0 Å². The van der Waals surface area contributed by atoms with Gasteiger partial charge in [0.15, 0.2) is 0 Å². The summed E-state index contributed by atoms with van der Waals surface area (Å²) < 4.78 is 34.3. The molecule has 0 bridgehead atoms. The Hall–Kier alpha value is -1.84. The predicted molar refractivity (Wildman–Crippen MR) is 116 cm³/mol. The molecule has 182 valence electrons. The Morgan fingerprint density at radius 2 is 1.52 bits per heavy atom. The van der Waals surface area contributed by atoms with Crippen LogP contribution >= 0.6 is 7.60 Å². The quantitative estimate of drug-likeness (QED) is 0.331. The Bertz CT molecular complexity index is 621. The van der Waals surface area contributed by atoms with E-state index in [1.807, 2.05) is 0 Å². The molecule has 0 aromatic rings. The number of hydrogen-bond acceptors (Lipinski definition) is 8. The van der Waals surface area contributed by atoms with Gasteiger partial charge in [0.25, 0.3) is 0 Å². The van der Waals surface area contributed by atoms with Crippen LogP contribution < -0.4 is 10.6 Å². The van der Waals surface area contributed by atoms with Crippen LogP contribution in [-0.4, -0.2) is 73.3 Å². The maximum absolute atomic E-state index is 13.2. The SMILES string of the molecule is CCOP(=O)(OCC)C(CN(CCNC(=O)OC(C)(C)C)C(=O)OC(C)(C)C)NC=O. The van der Waals surface area contributed by atoms with E-state index in [0.717, 1.165) is 0 Å². The molecule has 0 aliphatic rings. The van der Waals surface area contributed by atoms with Crippen molar-refractivity contribution in [1.82, 2.24) is 15.5 Å². The van der Waals surface area contributed by atoms with Gasteiger partial charge in [0.1, 0.15) is 17.0 Å².